The Morgan fingerprint density at radius 2 is 2.40 bits per heavy atom. The summed E-state index contributed by atoms with van der Waals surface area (Å²) in [5.74, 6) is 0. The fraction of sp³-hybridized carbons (Fsp3) is 0.429. The van der Waals surface area contributed by atoms with Crippen LogP contribution in [0, 0.1) is 0 Å². The lowest BCUT2D eigenvalue weighted by Gasteiger charge is -1.99. The SMILES string of the molecule is C[C@@H](N)Cc1ccc(Br)s1. The van der Waals surface area contributed by atoms with E-state index in [4.69, 9.17) is 5.73 Å². The van der Waals surface area contributed by atoms with Crippen LogP contribution in [0.3, 0.4) is 0 Å². The predicted molar refractivity (Wildman–Crippen MR) is 49.4 cm³/mol. The van der Waals surface area contributed by atoms with E-state index < -0.39 is 0 Å². The summed E-state index contributed by atoms with van der Waals surface area (Å²) in [5, 5.41) is 0. The maximum atomic E-state index is 5.63. The van der Waals surface area contributed by atoms with E-state index >= 15 is 0 Å². The van der Waals surface area contributed by atoms with Crippen molar-refractivity contribution in [3.63, 3.8) is 0 Å². The number of halogens is 1. The monoisotopic (exact) mass is 219 g/mol. The molecule has 0 spiro atoms. The van der Waals surface area contributed by atoms with Crippen LogP contribution in [-0.4, -0.2) is 6.04 Å². The Morgan fingerprint density at radius 1 is 1.70 bits per heavy atom. The lowest BCUT2D eigenvalue weighted by atomic mass is 10.2. The summed E-state index contributed by atoms with van der Waals surface area (Å²) in [6.07, 6.45) is 0.982. The summed E-state index contributed by atoms with van der Waals surface area (Å²) in [6, 6.07) is 4.44. The van der Waals surface area contributed by atoms with Crippen LogP contribution >= 0.6 is 27.3 Å². The molecule has 0 aliphatic heterocycles. The molecule has 1 nitrogen and oxygen atoms in total. The van der Waals surface area contributed by atoms with Crippen LogP contribution in [0.2, 0.25) is 0 Å². The zero-order valence-corrected chi connectivity index (χ0v) is 8.21. The Labute approximate surface area is 73.4 Å². The highest BCUT2D eigenvalue weighted by Crippen LogP contribution is 2.22. The molecule has 56 valence electrons. The molecule has 1 aromatic rings. The highest BCUT2D eigenvalue weighted by atomic mass is 79.9. The highest BCUT2D eigenvalue weighted by Gasteiger charge is 1.99. The summed E-state index contributed by atoms with van der Waals surface area (Å²) in [5.41, 5.74) is 5.63. The molecule has 10 heavy (non-hydrogen) atoms. The standard InChI is InChI=1S/C7H10BrNS/c1-5(9)4-6-2-3-7(8)10-6/h2-3,5H,4,9H2,1H3/t5-/m1/s1. The molecular formula is C7H10BrNS. The van der Waals surface area contributed by atoms with E-state index in [1.807, 2.05) is 6.92 Å². The Hall–Kier alpha value is 0.140. The topological polar surface area (TPSA) is 26.0 Å². The van der Waals surface area contributed by atoms with E-state index in [0.29, 0.717) is 0 Å². The highest BCUT2D eigenvalue weighted by molar-refractivity contribution is 9.11. The van der Waals surface area contributed by atoms with Gasteiger partial charge in [0.25, 0.3) is 0 Å². The van der Waals surface area contributed by atoms with Crippen molar-refractivity contribution in [2.75, 3.05) is 0 Å². The summed E-state index contributed by atoms with van der Waals surface area (Å²) in [4.78, 5) is 1.35. The van der Waals surface area contributed by atoms with Crippen LogP contribution in [0.1, 0.15) is 11.8 Å². The van der Waals surface area contributed by atoms with E-state index in [2.05, 4.69) is 28.1 Å². The van der Waals surface area contributed by atoms with Crippen LogP contribution in [-0.2, 0) is 6.42 Å². The molecule has 2 N–H and O–H groups in total. The smallest absolute Gasteiger partial charge is 0.0701 e. The predicted octanol–water partition coefficient (Wildman–Crippen LogP) is 2.40. The molecule has 0 amide bonds. The third-order valence-corrected chi connectivity index (χ3v) is 2.80. The minimum atomic E-state index is 0.269. The van der Waals surface area contributed by atoms with Gasteiger partial charge in [-0.15, -0.1) is 11.3 Å². The molecule has 0 aliphatic carbocycles. The molecule has 0 bridgehead atoms. The molecule has 0 radical (unpaired) electrons. The molecule has 3 heteroatoms. The molecular weight excluding hydrogens is 210 g/mol. The van der Waals surface area contributed by atoms with E-state index in [1.165, 1.54) is 8.66 Å². The van der Waals surface area contributed by atoms with Crippen molar-refractivity contribution >= 4 is 27.3 Å². The number of nitrogens with two attached hydrogens (primary N) is 1. The Balaban J connectivity index is 2.58. The van der Waals surface area contributed by atoms with Gasteiger partial charge in [0.2, 0.25) is 0 Å². The molecule has 1 rings (SSSR count). The average molecular weight is 220 g/mol. The summed E-state index contributed by atoms with van der Waals surface area (Å²) in [7, 11) is 0. The Bertz CT molecular complexity index is 207. The van der Waals surface area contributed by atoms with E-state index in [9.17, 15) is 0 Å². The first-order chi connectivity index (χ1) is 4.68. The number of hydrogen-bond donors (Lipinski definition) is 1. The third kappa shape index (κ3) is 2.40. The molecule has 0 aliphatic rings. The summed E-state index contributed by atoms with van der Waals surface area (Å²) >= 11 is 5.15. The first-order valence-electron chi connectivity index (χ1n) is 3.18. The van der Waals surface area contributed by atoms with Crippen molar-refractivity contribution < 1.29 is 0 Å². The second-order valence-corrected chi connectivity index (χ2v) is 4.93. The van der Waals surface area contributed by atoms with E-state index in [0.717, 1.165) is 6.42 Å². The number of thiophene rings is 1. The fourth-order valence-electron chi connectivity index (χ4n) is 0.779. The second-order valence-electron chi connectivity index (χ2n) is 2.39. The van der Waals surface area contributed by atoms with Gasteiger partial charge >= 0.3 is 0 Å². The second kappa shape index (κ2) is 3.51. The van der Waals surface area contributed by atoms with Crippen LogP contribution in [0.25, 0.3) is 0 Å². The zero-order valence-electron chi connectivity index (χ0n) is 5.80. The van der Waals surface area contributed by atoms with Crippen molar-refractivity contribution in [1.82, 2.24) is 0 Å². The first kappa shape index (κ1) is 8.24. The van der Waals surface area contributed by atoms with Gasteiger partial charge in [0.05, 0.1) is 3.79 Å². The van der Waals surface area contributed by atoms with Gasteiger partial charge in [-0.25, -0.2) is 0 Å². The van der Waals surface area contributed by atoms with Crippen LogP contribution < -0.4 is 5.73 Å². The van der Waals surface area contributed by atoms with Gasteiger partial charge in [-0.1, -0.05) is 0 Å². The van der Waals surface area contributed by atoms with Crippen molar-refractivity contribution in [3.8, 4) is 0 Å². The largest absolute Gasteiger partial charge is 0.328 e. The van der Waals surface area contributed by atoms with Gasteiger partial charge in [0.15, 0.2) is 0 Å². The number of hydrogen-bond acceptors (Lipinski definition) is 2. The fourth-order valence-corrected chi connectivity index (χ4v) is 2.40. The van der Waals surface area contributed by atoms with Crippen molar-refractivity contribution in [2.24, 2.45) is 5.73 Å². The van der Waals surface area contributed by atoms with E-state index in [-0.39, 0.29) is 6.04 Å². The minimum Gasteiger partial charge on any atom is -0.328 e. The maximum absolute atomic E-state index is 5.63. The lowest BCUT2D eigenvalue weighted by Crippen LogP contribution is -2.16. The van der Waals surface area contributed by atoms with Gasteiger partial charge < -0.3 is 5.73 Å². The molecule has 0 aromatic carbocycles. The maximum Gasteiger partial charge on any atom is 0.0701 e. The first-order valence-corrected chi connectivity index (χ1v) is 4.79. The number of rotatable bonds is 2. The minimum absolute atomic E-state index is 0.269. The summed E-state index contributed by atoms with van der Waals surface area (Å²) in [6.45, 7) is 2.02. The average Bonchev–Trinajstić information content (AvgIpc) is 2.13. The van der Waals surface area contributed by atoms with Crippen molar-refractivity contribution in [2.45, 2.75) is 19.4 Å². The van der Waals surface area contributed by atoms with Gasteiger partial charge in [-0.05, 0) is 41.4 Å². The molecule has 0 fully saturated rings. The third-order valence-electron chi connectivity index (χ3n) is 1.15. The zero-order chi connectivity index (χ0) is 7.56. The molecule has 0 saturated carbocycles. The lowest BCUT2D eigenvalue weighted by molar-refractivity contribution is 0.746. The normalized spacial score (nSPS) is 13.5. The quantitative estimate of drug-likeness (QED) is 0.813. The molecule has 1 heterocycles. The Morgan fingerprint density at radius 3 is 2.80 bits per heavy atom. The molecule has 0 saturated heterocycles. The van der Waals surface area contributed by atoms with Crippen LogP contribution in [0.15, 0.2) is 15.9 Å². The Kier molecular flexibility index (Phi) is 2.89. The van der Waals surface area contributed by atoms with Gasteiger partial charge in [-0.2, -0.15) is 0 Å². The van der Waals surface area contributed by atoms with Crippen molar-refractivity contribution in [3.05, 3.63) is 20.8 Å². The molecule has 0 unspecified atom stereocenters. The van der Waals surface area contributed by atoms with Gasteiger partial charge in [0.1, 0.15) is 0 Å². The van der Waals surface area contributed by atoms with Crippen molar-refractivity contribution in [1.29, 1.82) is 0 Å². The summed E-state index contributed by atoms with van der Waals surface area (Å²) < 4.78 is 1.18. The molecule has 1 aromatic heterocycles. The molecule has 1 atom stereocenters. The van der Waals surface area contributed by atoms with Gasteiger partial charge in [0, 0.05) is 10.9 Å². The van der Waals surface area contributed by atoms with Crippen LogP contribution in [0.5, 0.6) is 0 Å². The van der Waals surface area contributed by atoms with Crippen LogP contribution in [0.4, 0.5) is 0 Å². The van der Waals surface area contributed by atoms with E-state index in [1.54, 1.807) is 11.3 Å². The van der Waals surface area contributed by atoms with Gasteiger partial charge in [-0.3, -0.25) is 0 Å².